The second kappa shape index (κ2) is 7.45. The highest BCUT2D eigenvalue weighted by atomic mass is 16.6. The average Bonchev–Trinajstić information content (AvgIpc) is 2.58. The number of amides is 1. The summed E-state index contributed by atoms with van der Waals surface area (Å²) < 4.78 is 0. The van der Waals surface area contributed by atoms with Gasteiger partial charge in [-0.25, -0.2) is 0 Å². The zero-order valence-corrected chi connectivity index (χ0v) is 13.5. The van der Waals surface area contributed by atoms with E-state index in [1.165, 1.54) is 12.1 Å². The third-order valence-corrected chi connectivity index (χ3v) is 3.70. The molecule has 0 aliphatic carbocycles. The lowest BCUT2D eigenvalue weighted by Crippen LogP contribution is -2.21. The molecule has 0 radical (unpaired) electrons. The molecule has 0 bridgehead atoms. The number of nitro groups is 1. The number of rotatable bonds is 6. The minimum Gasteiger partial charge on any atom is -0.506 e. The van der Waals surface area contributed by atoms with Crippen molar-refractivity contribution in [2.75, 3.05) is 23.3 Å². The molecule has 24 heavy (non-hydrogen) atoms. The Morgan fingerprint density at radius 2 is 1.79 bits per heavy atom. The number of hydrogen-bond donors (Lipinski definition) is 2. The monoisotopic (exact) mass is 329 g/mol. The molecule has 0 spiro atoms. The molecule has 2 aromatic carbocycles. The van der Waals surface area contributed by atoms with Crippen LogP contribution < -0.4 is 10.2 Å². The SMILES string of the molecule is CCN(CC)c1ccc(C(=O)Nc2cc([N+](=O)[O-])ccc2O)cc1. The van der Waals surface area contributed by atoms with Gasteiger partial charge in [0.15, 0.2) is 0 Å². The lowest BCUT2D eigenvalue weighted by Gasteiger charge is -2.21. The molecule has 1 amide bonds. The lowest BCUT2D eigenvalue weighted by molar-refractivity contribution is -0.384. The molecule has 2 rings (SSSR count). The minimum atomic E-state index is -0.589. The highest BCUT2D eigenvalue weighted by Crippen LogP contribution is 2.28. The van der Waals surface area contributed by atoms with Crippen molar-refractivity contribution in [2.45, 2.75) is 13.8 Å². The van der Waals surface area contributed by atoms with Gasteiger partial charge in [0.05, 0.1) is 10.6 Å². The maximum absolute atomic E-state index is 12.3. The van der Waals surface area contributed by atoms with Gasteiger partial charge in [0, 0.05) is 36.5 Å². The Bertz CT molecular complexity index is 740. The number of nitrogens with zero attached hydrogens (tertiary/aromatic N) is 2. The maximum Gasteiger partial charge on any atom is 0.271 e. The van der Waals surface area contributed by atoms with Gasteiger partial charge in [-0.05, 0) is 44.2 Å². The standard InChI is InChI=1S/C17H19N3O4/c1-3-19(4-2)13-7-5-12(6-8-13)17(22)18-15-11-14(20(23)24)9-10-16(15)21/h5-11,21H,3-4H2,1-2H3,(H,18,22). The van der Waals surface area contributed by atoms with E-state index in [0.717, 1.165) is 24.8 Å². The molecular formula is C17H19N3O4. The van der Waals surface area contributed by atoms with Gasteiger partial charge in [0.2, 0.25) is 0 Å². The summed E-state index contributed by atoms with van der Waals surface area (Å²) in [7, 11) is 0. The fraction of sp³-hybridized carbons (Fsp3) is 0.235. The highest BCUT2D eigenvalue weighted by Gasteiger charge is 2.14. The molecule has 2 N–H and O–H groups in total. The molecule has 0 heterocycles. The molecule has 0 fully saturated rings. The molecule has 126 valence electrons. The van der Waals surface area contributed by atoms with Crippen LogP contribution in [0.15, 0.2) is 42.5 Å². The van der Waals surface area contributed by atoms with Gasteiger partial charge in [-0.2, -0.15) is 0 Å². The van der Waals surface area contributed by atoms with Crippen LogP contribution in [0.2, 0.25) is 0 Å². The van der Waals surface area contributed by atoms with Crippen LogP contribution in [0.4, 0.5) is 17.1 Å². The van der Waals surface area contributed by atoms with Crippen LogP contribution in [0.1, 0.15) is 24.2 Å². The Labute approximate surface area is 139 Å². The van der Waals surface area contributed by atoms with Crippen LogP contribution in [0.5, 0.6) is 5.75 Å². The Balaban J connectivity index is 2.18. The van der Waals surface area contributed by atoms with E-state index in [-0.39, 0.29) is 17.1 Å². The van der Waals surface area contributed by atoms with Crippen molar-refractivity contribution in [1.82, 2.24) is 0 Å². The van der Waals surface area contributed by atoms with Gasteiger partial charge >= 0.3 is 0 Å². The van der Waals surface area contributed by atoms with E-state index >= 15 is 0 Å². The fourth-order valence-electron chi connectivity index (χ4n) is 2.34. The summed E-state index contributed by atoms with van der Waals surface area (Å²) in [6.07, 6.45) is 0. The molecule has 0 unspecified atom stereocenters. The molecule has 0 atom stereocenters. The Morgan fingerprint density at radius 3 is 2.33 bits per heavy atom. The number of nitro benzene ring substituents is 1. The summed E-state index contributed by atoms with van der Waals surface area (Å²) in [6, 6.07) is 10.5. The number of hydrogen-bond acceptors (Lipinski definition) is 5. The van der Waals surface area contributed by atoms with Crippen LogP contribution in [0.25, 0.3) is 0 Å². The number of phenols is 1. The zero-order valence-electron chi connectivity index (χ0n) is 13.5. The van der Waals surface area contributed by atoms with E-state index < -0.39 is 10.8 Å². The molecule has 0 aliphatic rings. The summed E-state index contributed by atoms with van der Waals surface area (Å²) >= 11 is 0. The van der Waals surface area contributed by atoms with E-state index in [9.17, 15) is 20.0 Å². The molecule has 7 heteroatoms. The second-order valence-electron chi connectivity index (χ2n) is 5.13. The number of aromatic hydroxyl groups is 1. The van der Waals surface area contributed by atoms with Gasteiger partial charge < -0.3 is 15.3 Å². The summed E-state index contributed by atoms with van der Waals surface area (Å²) in [5.74, 6) is -0.675. The van der Waals surface area contributed by atoms with Crippen molar-refractivity contribution >= 4 is 23.0 Å². The van der Waals surface area contributed by atoms with E-state index in [4.69, 9.17) is 0 Å². The minimum absolute atomic E-state index is 0.00187. The first kappa shape index (κ1) is 17.3. The Hall–Kier alpha value is -3.09. The summed E-state index contributed by atoms with van der Waals surface area (Å²) in [5, 5.41) is 23.0. The third-order valence-electron chi connectivity index (χ3n) is 3.70. The van der Waals surface area contributed by atoms with Crippen molar-refractivity contribution in [2.24, 2.45) is 0 Å². The van der Waals surface area contributed by atoms with Gasteiger partial charge in [0.1, 0.15) is 5.75 Å². The van der Waals surface area contributed by atoms with E-state index in [2.05, 4.69) is 24.1 Å². The Kier molecular flexibility index (Phi) is 5.36. The third kappa shape index (κ3) is 3.81. The molecule has 0 aliphatic heterocycles. The maximum atomic E-state index is 12.3. The smallest absolute Gasteiger partial charge is 0.271 e. The van der Waals surface area contributed by atoms with Crippen molar-refractivity contribution in [3.05, 3.63) is 58.1 Å². The first-order valence-corrected chi connectivity index (χ1v) is 7.60. The normalized spacial score (nSPS) is 10.2. The van der Waals surface area contributed by atoms with Crippen LogP contribution in [0.3, 0.4) is 0 Å². The Morgan fingerprint density at radius 1 is 1.17 bits per heavy atom. The predicted molar refractivity (Wildman–Crippen MR) is 92.7 cm³/mol. The number of nitrogens with one attached hydrogen (secondary N) is 1. The number of carbonyl (C=O) groups excluding carboxylic acids is 1. The number of phenolic OH excluding ortho intramolecular Hbond substituents is 1. The fourth-order valence-corrected chi connectivity index (χ4v) is 2.34. The molecule has 2 aromatic rings. The predicted octanol–water partition coefficient (Wildman–Crippen LogP) is 3.40. The average molecular weight is 329 g/mol. The van der Waals surface area contributed by atoms with E-state index in [1.807, 2.05) is 12.1 Å². The van der Waals surface area contributed by atoms with Crippen LogP contribution in [0, 0.1) is 10.1 Å². The first-order chi connectivity index (χ1) is 11.5. The van der Waals surface area contributed by atoms with Crippen molar-refractivity contribution in [3.8, 4) is 5.75 Å². The number of carbonyl (C=O) groups is 1. The van der Waals surface area contributed by atoms with Gasteiger partial charge in [-0.1, -0.05) is 0 Å². The molecule has 0 saturated heterocycles. The quantitative estimate of drug-likeness (QED) is 0.481. The van der Waals surface area contributed by atoms with Gasteiger partial charge in [-0.15, -0.1) is 0 Å². The first-order valence-electron chi connectivity index (χ1n) is 7.60. The van der Waals surface area contributed by atoms with Crippen molar-refractivity contribution in [3.63, 3.8) is 0 Å². The summed E-state index contributed by atoms with van der Waals surface area (Å²) in [6.45, 7) is 5.83. The summed E-state index contributed by atoms with van der Waals surface area (Å²) in [4.78, 5) is 24.6. The largest absolute Gasteiger partial charge is 0.506 e. The van der Waals surface area contributed by atoms with Crippen molar-refractivity contribution < 1.29 is 14.8 Å². The topological polar surface area (TPSA) is 95.7 Å². The van der Waals surface area contributed by atoms with Crippen LogP contribution >= 0.6 is 0 Å². The second-order valence-corrected chi connectivity index (χ2v) is 5.13. The van der Waals surface area contributed by atoms with E-state index in [1.54, 1.807) is 12.1 Å². The summed E-state index contributed by atoms with van der Waals surface area (Å²) in [5.41, 5.74) is 1.20. The van der Waals surface area contributed by atoms with Crippen LogP contribution in [-0.4, -0.2) is 29.0 Å². The molecular weight excluding hydrogens is 310 g/mol. The van der Waals surface area contributed by atoms with Crippen molar-refractivity contribution in [1.29, 1.82) is 0 Å². The number of non-ortho nitro benzene ring substituents is 1. The lowest BCUT2D eigenvalue weighted by atomic mass is 10.1. The number of anilines is 2. The molecule has 7 nitrogen and oxygen atoms in total. The number of benzene rings is 2. The van der Waals surface area contributed by atoms with Gasteiger partial charge in [0.25, 0.3) is 11.6 Å². The van der Waals surface area contributed by atoms with E-state index in [0.29, 0.717) is 5.56 Å². The zero-order chi connectivity index (χ0) is 17.7. The molecule has 0 saturated carbocycles. The molecule has 0 aromatic heterocycles. The highest BCUT2D eigenvalue weighted by molar-refractivity contribution is 6.05. The van der Waals surface area contributed by atoms with Crippen LogP contribution in [-0.2, 0) is 0 Å². The van der Waals surface area contributed by atoms with Gasteiger partial charge in [-0.3, -0.25) is 14.9 Å².